The Bertz CT molecular complexity index is 1100. The van der Waals surface area contributed by atoms with E-state index >= 15 is 0 Å². The second-order valence-electron chi connectivity index (χ2n) is 7.85. The molecule has 10 heteroatoms. The normalized spacial score (nSPS) is 13.4. The molecule has 1 unspecified atom stereocenters. The number of sulfone groups is 1. The summed E-state index contributed by atoms with van der Waals surface area (Å²) in [5, 5.41) is 0.971. The molecule has 2 rings (SSSR count). The average molecular weight is 527 g/mol. The van der Waals surface area contributed by atoms with Gasteiger partial charge < -0.3 is 0 Å². The molecule has 0 aromatic heterocycles. The van der Waals surface area contributed by atoms with Gasteiger partial charge in [0.05, 0.1) is 27.1 Å². The van der Waals surface area contributed by atoms with E-state index in [4.69, 9.17) is 34.8 Å². The lowest BCUT2D eigenvalue weighted by Crippen LogP contribution is -2.39. The van der Waals surface area contributed by atoms with Gasteiger partial charge in [0.25, 0.3) is 10.0 Å². The number of nitrogens with zero attached hydrogens (tertiary/aromatic N) is 1. The maximum absolute atomic E-state index is 13.5. The molecular weight excluding hydrogens is 501 g/mol. The molecule has 0 aliphatic carbocycles. The van der Waals surface area contributed by atoms with Gasteiger partial charge in [0, 0.05) is 16.1 Å². The van der Waals surface area contributed by atoms with E-state index < -0.39 is 25.9 Å². The molecule has 0 spiro atoms. The van der Waals surface area contributed by atoms with Crippen LogP contribution in [-0.4, -0.2) is 34.4 Å². The zero-order chi connectivity index (χ0) is 23.4. The number of halogens is 3. The largest absolute Gasteiger partial charge is 0.264 e. The molecule has 0 heterocycles. The van der Waals surface area contributed by atoms with Crippen LogP contribution in [0.3, 0.4) is 0 Å². The molecule has 2 aromatic rings. The van der Waals surface area contributed by atoms with Gasteiger partial charge in [0.2, 0.25) is 0 Å². The van der Waals surface area contributed by atoms with Gasteiger partial charge in [-0.2, -0.15) is 0 Å². The summed E-state index contributed by atoms with van der Waals surface area (Å²) < 4.78 is 52.7. The van der Waals surface area contributed by atoms with E-state index in [1.807, 2.05) is 13.8 Å². The zero-order valence-corrected chi connectivity index (χ0v) is 21.5. The molecule has 0 aliphatic rings. The third-order valence-corrected chi connectivity index (χ3v) is 9.42. The molecule has 1 atom stereocenters. The van der Waals surface area contributed by atoms with Gasteiger partial charge in [-0.05, 0) is 68.1 Å². The SMILES string of the molecule is CC(C)CS(=O)(=O)CCCC(C)N(c1cc(Cl)ccc1Cl)S(=O)(=O)c1ccc(Cl)cc1. The van der Waals surface area contributed by atoms with Gasteiger partial charge in [-0.25, -0.2) is 16.8 Å². The number of anilines is 1. The predicted molar refractivity (Wildman–Crippen MR) is 130 cm³/mol. The Labute approximate surface area is 200 Å². The third-order valence-electron chi connectivity index (χ3n) is 4.58. The second kappa shape index (κ2) is 10.8. The van der Waals surface area contributed by atoms with Crippen molar-refractivity contribution in [2.24, 2.45) is 5.92 Å². The molecule has 172 valence electrons. The minimum atomic E-state index is -4.01. The summed E-state index contributed by atoms with van der Waals surface area (Å²) in [5.74, 6) is 0.136. The summed E-state index contributed by atoms with van der Waals surface area (Å²) in [6.45, 7) is 5.42. The molecule has 0 amide bonds. The van der Waals surface area contributed by atoms with E-state index in [1.165, 1.54) is 40.7 Å². The Balaban J connectivity index is 2.38. The number of benzene rings is 2. The Morgan fingerprint density at radius 2 is 1.45 bits per heavy atom. The quantitative estimate of drug-likeness (QED) is 0.376. The van der Waals surface area contributed by atoms with Crippen molar-refractivity contribution in [3.63, 3.8) is 0 Å². The Hall–Kier alpha value is -0.990. The highest BCUT2D eigenvalue weighted by Crippen LogP contribution is 2.35. The van der Waals surface area contributed by atoms with Crippen molar-refractivity contribution in [1.82, 2.24) is 0 Å². The molecule has 0 aliphatic heterocycles. The topological polar surface area (TPSA) is 71.5 Å². The molecule has 0 fully saturated rings. The summed E-state index contributed by atoms with van der Waals surface area (Å²) >= 11 is 18.4. The highest BCUT2D eigenvalue weighted by atomic mass is 35.5. The van der Waals surface area contributed by atoms with E-state index in [9.17, 15) is 16.8 Å². The van der Waals surface area contributed by atoms with E-state index in [0.717, 1.165) is 0 Å². The number of hydrogen-bond donors (Lipinski definition) is 0. The Morgan fingerprint density at radius 1 is 0.871 bits per heavy atom. The Morgan fingerprint density at radius 3 is 2.03 bits per heavy atom. The van der Waals surface area contributed by atoms with Gasteiger partial charge in [-0.15, -0.1) is 0 Å². The number of hydrogen-bond acceptors (Lipinski definition) is 4. The van der Waals surface area contributed by atoms with Crippen LogP contribution in [-0.2, 0) is 19.9 Å². The van der Waals surface area contributed by atoms with Crippen LogP contribution in [0.1, 0.15) is 33.6 Å². The van der Waals surface area contributed by atoms with Gasteiger partial charge in [-0.1, -0.05) is 48.7 Å². The van der Waals surface area contributed by atoms with E-state index in [-0.39, 0.29) is 33.0 Å². The lowest BCUT2D eigenvalue weighted by atomic mass is 10.2. The van der Waals surface area contributed by atoms with Crippen molar-refractivity contribution >= 4 is 60.4 Å². The molecule has 2 aromatic carbocycles. The molecule has 0 saturated heterocycles. The summed E-state index contributed by atoms with van der Waals surface area (Å²) in [6.07, 6.45) is 0.647. The molecule has 5 nitrogen and oxygen atoms in total. The smallest absolute Gasteiger partial charge is 0.262 e. The van der Waals surface area contributed by atoms with Crippen LogP contribution in [0.5, 0.6) is 0 Å². The van der Waals surface area contributed by atoms with Gasteiger partial charge in [0.15, 0.2) is 9.84 Å². The highest BCUT2D eigenvalue weighted by molar-refractivity contribution is 7.93. The summed E-state index contributed by atoms with van der Waals surface area (Å²) in [4.78, 5) is 0.0484. The molecule has 0 N–H and O–H groups in total. The second-order valence-corrected chi connectivity index (χ2v) is 13.2. The first-order valence-corrected chi connectivity index (χ1v) is 14.2. The fourth-order valence-corrected chi connectivity index (χ4v) is 7.32. The van der Waals surface area contributed by atoms with Gasteiger partial charge >= 0.3 is 0 Å². The van der Waals surface area contributed by atoms with Crippen molar-refractivity contribution in [2.45, 2.75) is 44.6 Å². The zero-order valence-electron chi connectivity index (χ0n) is 17.6. The lowest BCUT2D eigenvalue weighted by molar-refractivity contribution is 0.562. The molecule has 0 radical (unpaired) electrons. The van der Waals surface area contributed by atoms with Gasteiger partial charge in [0.1, 0.15) is 0 Å². The van der Waals surface area contributed by atoms with Crippen LogP contribution in [0.4, 0.5) is 5.69 Å². The van der Waals surface area contributed by atoms with Crippen LogP contribution >= 0.6 is 34.8 Å². The first-order chi connectivity index (χ1) is 14.3. The van der Waals surface area contributed by atoms with Crippen molar-refractivity contribution in [2.75, 3.05) is 15.8 Å². The molecule has 0 bridgehead atoms. The van der Waals surface area contributed by atoms with Crippen molar-refractivity contribution in [1.29, 1.82) is 0 Å². The average Bonchev–Trinajstić information content (AvgIpc) is 2.63. The first-order valence-electron chi connectivity index (χ1n) is 9.79. The predicted octanol–water partition coefficient (Wildman–Crippen LogP) is 6.08. The lowest BCUT2D eigenvalue weighted by Gasteiger charge is -2.31. The fourth-order valence-electron chi connectivity index (χ4n) is 3.29. The van der Waals surface area contributed by atoms with E-state index in [2.05, 4.69) is 0 Å². The van der Waals surface area contributed by atoms with Crippen molar-refractivity contribution < 1.29 is 16.8 Å². The van der Waals surface area contributed by atoms with Crippen LogP contribution in [0.2, 0.25) is 15.1 Å². The standard InChI is InChI=1S/C21H26Cl3NO4S2/c1-15(2)14-30(26,27)12-4-5-16(3)25(21-13-18(23)8-11-20(21)24)31(28,29)19-9-6-17(22)7-10-19/h6-11,13,15-16H,4-5,12,14H2,1-3H3. The Kier molecular flexibility index (Phi) is 9.11. The number of rotatable bonds is 10. The van der Waals surface area contributed by atoms with Gasteiger partial charge in [-0.3, -0.25) is 4.31 Å². The first kappa shape index (κ1) is 26.3. The van der Waals surface area contributed by atoms with Crippen LogP contribution in [0.15, 0.2) is 47.4 Å². The summed E-state index contributed by atoms with van der Waals surface area (Å²) in [5.41, 5.74) is 0.238. The summed E-state index contributed by atoms with van der Waals surface area (Å²) in [7, 11) is -7.22. The monoisotopic (exact) mass is 525 g/mol. The van der Waals surface area contributed by atoms with E-state index in [1.54, 1.807) is 13.0 Å². The van der Waals surface area contributed by atoms with Crippen LogP contribution in [0.25, 0.3) is 0 Å². The van der Waals surface area contributed by atoms with Crippen LogP contribution < -0.4 is 4.31 Å². The molecule has 31 heavy (non-hydrogen) atoms. The maximum Gasteiger partial charge on any atom is 0.264 e. The van der Waals surface area contributed by atoms with E-state index in [0.29, 0.717) is 22.9 Å². The third kappa shape index (κ3) is 7.26. The van der Waals surface area contributed by atoms with Crippen molar-refractivity contribution in [3.05, 3.63) is 57.5 Å². The fraction of sp³-hybridized carbons (Fsp3) is 0.429. The minimum Gasteiger partial charge on any atom is -0.262 e. The molecule has 0 saturated carbocycles. The highest BCUT2D eigenvalue weighted by Gasteiger charge is 2.31. The summed E-state index contributed by atoms with van der Waals surface area (Å²) in [6, 6.07) is 9.86. The maximum atomic E-state index is 13.5. The number of sulfonamides is 1. The minimum absolute atomic E-state index is 0.00632. The van der Waals surface area contributed by atoms with Crippen molar-refractivity contribution in [3.8, 4) is 0 Å². The molecular formula is C21H26Cl3NO4S2. The van der Waals surface area contributed by atoms with Crippen LogP contribution in [0, 0.1) is 5.92 Å².